The Morgan fingerprint density at radius 2 is 2.00 bits per heavy atom. The summed E-state index contributed by atoms with van der Waals surface area (Å²) in [5.41, 5.74) is 1.16. The van der Waals surface area contributed by atoms with Crippen LogP contribution < -0.4 is 15.4 Å². The van der Waals surface area contributed by atoms with Crippen molar-refractivity contribution in [3.8, 4) is 5.75 Å². The van der Waals surface area contributed by atoms with Gasteiger partial charge in [0.15, 0.2) is 5.96 Å². The first kappa shape index (κ1) is 24.0. The molecule has 0 unspecified atom stereocenters. The van der Waals surface area contributed by atoms with Crippen LogP contribution >= 0.6 is 24.0 Å². The Kier molecular flexibility index (Phi) is 11.7. The summed E-state index contributed by atoms with van der Waals surface area (Å²) < 4.78 is 5.78. The molecule has 1 aromatic rings. The summed E-state index contributed by atoms with van der Waals surface area (Å²) in [4.78, 5) is 7.34. The van der Waals surface area contributed by atoms with Crippen LogP contribution in [0, 0.1) is 0 Å². The number of benzene rings is 1. The third kappa shape index (κ3) is 9.14. The topological polar surface area (TPSA) is 48.9 Å². The van der Waals surface area contributed by atoms with E-state index in [2.05, 4.69) is 41.5 Å². The molecule has 1 saturated heterocycles. The average molecular weight is 488 g/mol. The van der Waals surface area contributed by atoms with Gasteiger partial charge in [-0.05, 0) is 64.3 Å². The Morgan fingerprint density at radius 3 is 2.63 bits per heavy atom. The molecule has 0 aromatic heterocycles. The predicted molar refractivity (Wildman–Crippen MR) is 125 cm³/mol. The highest BCUT2D eigenvalue weighted by atomic mass is 127. The van der Waals surface area contributed by atoms with Crippen LogP contribution in [0.4, 0.5) is 0 Å². The molecule has 1 heterocycles. The minimum absolute atomic E-state index is 0. The molecule has 0 saturated carbocycles. The van der Waals surface area contributed by atoms with Gasteiger partial charge >= 0.3 is 0 Å². The number of guanidine groups is 1. The summed E-state index contributed by atoms with van der Waals surface area (Å²) in [6.45, 7) is 13.6. The molecule has 0 radical (unpaired) electrons. The van der Waals surface area contributed by atoms with Crippen LogP contribution in [0.25, 0.3) is 0 Å². The van der Waals surface area contributed by atoms with Crippen molar-refractivity contribution in [3.63, 3.8) is 0 Å². The van der Waals surface area contributed by atoms with E-state index in [0.717, 1.165) is 23.8 Å². The number of hydrogen-bond acceptors (Lipinski definition) is 3. The smallest absolute Gasteiger partial charge is 0.191 e. The van der Waals surface area contributed by atoms with E-state index in [-0.39, 0.29) is 30.1 Å². The molecule has 1 aliphatic rings. The molecule has 2 N–H and O–H groups in total. The number of nitrogens with zero attached hydrogens (tertiary/aromatic N) is 2. The number of nitrogens with one attached hydrogen (secondary N) is 2. The first-order valence-electron chi connectivity index (χ1n) is 10.1. The maximum atomic E-state index is 5.78. The molecular weight excluding hydrogens is 451 g/mol. The van der Waals surface area contributed by atoms with Crippen molar-refractivity contribution in [3.05, 3.63) is 29.8 Å². The van der Waals surface area contributed by atoms with Crippen molar-refractivity contribution in [1.29, 1.82) is 0 Å². The van der Waals surface area contributed by atoms with Gasteiger partial charge in [0.2, 0.25) is 0 Å². The molecule has 154 valence electrons. The molecule has 5 nitrogen and oxygen atoms in total. The molecular formula is C21H37IN4O. The lowest BCUT2D eigenvalue weighted by atomic mass is 10.1. The second kappa shape index (κ2) is 13.2. The molecule has 2 rings (SSSR count). The van der Waals surface area contributed by atoms with Crippen LogP contribution in [0.5, 0.6) is 5.75 Å². The highest BCUT2D eigenvalue weighted by Gasteiger charge is 2.19. The fraction of sp³-hybridized carbons (Fsp3) is 0.667. The number of rotatable bonds is 8. The summed E-state index contributed by atoms with van der Waals surface area (Å²) in [5, 5.41) is 6.99. The van der Waals surface area contributed by atoms with E-state index in [0.29, 0.717) is 12.6 Å². The van der Waals surface area contributed by atoms with Crippen molar-refractivity contribution in [2.75, 3.05) is 26.2 Å². The van der Waals surface area contributed by atoms with Gasteiger partial charge in [0, 0.05) is 25.7 Å². The monoisotopic (exact) mass is 488 g/mol. The Bertz CT molecular complexity index is 557. The first-order valence-corrected chi connectivity index (χ1v) is 10.1. The van der Waals surface area contributed by atoms with Gasteiger partial charge in [-0.2, -0.15) is 0 Å². The minimum Gasteiger partial charge on any atom is -0.491 e. The van der Waals surface area contributed by atoms with Crippen LogP contribution in [0.1, 0.15) is 52.5 Å². The van der Waals surface area contributed by atoms with Crippen LogP contribution in [0.2, 0.25) is 0 Å². The highest BCUT2D eigenvalue weighted by molar-refractivity contribution is 14.0. The number of halogens is 1. The van der Waals surface area contributed by atoms with Gasteiger partial charge < -0.3 is 20.3 Å². The van der Waals surface area contributed by atoms with E-state index >= 15 is 0 Å². The summed E-state index contributed by atoms with van der Waals surface area (Å²) >= 11 is 0. The number of ether oxygens (including phenoxy) is 1. The lowest BCUT2D eigenvalue weighted by molar-refractivity contribution is 0.206. The normalized spacial score (nSPS) is 16.1. The van der Waals surface area contributed by atoms with Crippen LogP contribution in [0.15, 0.2) is 29.3 Å². The summed E-state index contributed by atoms with van der Waals surface area (Å²) in [5.74, 6) is 1.82. The van der Waals surface area contributed by atoms with E-state index < -0.39 is 0 Å². The number of piperidine rings is 1. The standard InChI is InChI=1S/C21H36N4O.HI/c1-5-12-25-13-10-19(11-14-25)24-21(22-6-2)23-16-18-8-7-9-20(15-18)26-17(3)4;/h7-9,15,17,19H,5-6,10-14,16H2,1-4H3,(H2,22,23,24);1H. The second-order valence-electron chi connectivity index (χ2n) is 7.27. The molecule has 0 aliphatic carbocycles. The lowest BCUT2D eigenvalue weighted by Crippen LogP contribution is -2.48. The van der Waals surface area contributed by atoms with Gasteiger partial charge in [-0.3, -0.25) is 0 Å². The maximum Gasteiger partial charge on any atom is 0.191 e. The van der Waals surface area contributed by atoms with Gasteiger partial charge in [-0.25, -0.2) is 4.99 Å². The average Bonchev–Trinajstić information content (AvgIpc) is 2.61. The van der Waals surface area contributed by atoms with Crippen LogP contribution in [0.3, 0.4) is 0 Å². The summed E-state index contributed by atoms with van der Waals surface area (Å²) in [6.07, 6.45) is 3.79. The minimum atomic E-state index is 0. The van der Waals surface area contributed by atoms with Crippen molar-refractivity contribution in [2.24, 2.45) is 4.99 Å². The SMILES string of the molecule is CCCN1CCC(NC(=NCc2cccc(OC(C)C)c2)NCC)CC1.I. The molecule has 27 heavy (non-hydrogen) atoms. The third-order valence-corrected chi connectivity index (χ3v) is 4.50. The zero-order valence-corrected chi connectivity index (χ0v) is 19.7. The number of aliphatic imine (C=N–C) groups is 1. The number of likely N-dealkylation sites (tertiary alicyclic amines) is 1. The Labute approximate surface area is 182 Å². The first-order chi connectivity index (χ1) is 12.6. The van der Waals surface area contributed by atoms with Gasteiger partial charge in [0.25, 0.3) is 0 Å². The molecule has 1 fully saturated rings. The molecule has 6 heteroatoms. The van der Waals surface area contributed by atoms with Gasteiger partial charge in [-0.15, -0.1) is 24.0 Å². The second-order valence-corrected chi connectivity index (χ2v) is 7.27. The lowest BCUT2D eigenvalue weighted by Gasteiger charge is -2.32. The van der Waals surface area contributed by atoms with E-state index in [4.69, 9.17) is 9.73 Å². The third-order valence-electron chi connectivity index (χ3n) is 4.50. The van der Waals surface area contributed by atoms with E-state index in [1.54, 1.807) is 0 Å². The van der Waals surface area contributed by atoms with Crippen molar-refractivity contribution < 1.29 is 4.74 Å². The van der Waals surface area contributed by atoms with Gasteiger partial charge in [0.1, 0.15) is 5.75 Å². The van der Waals surface area contributed by atoms with Crippen molar-refractivity contribution in [2.45, 2.75) is 65.6 Å². The fourth-order valence-corrected chi connectivity index (χ4v) is 3.29. The van der Waals surface area contributed by atoms with Gasteiger partial charge in [-0.1, -0.05) is 19.1 Å². The highest BCUT2D eigenvalue weighted by Crippen LogP contribution is 2.16. The van der Waals surface area contributed by atoms with Crippen molar-refractivity contribution >= 4 is 29.9 Å². The van der Waals surface area contributed by atoms with E-state index in [9.17, 15) is 0 Å². The molecule has 1 aliphatic heterocycles. The van der Waals surface area contributed by atoms with Gasteiger partial charge in [0.05, 0.1) is 12.6 Å². The fourth-order valence-electron chi connectivity index (χ4n) is 3.29. The van der Waals surface area contributed by atoms with Crippen LogP contribution in [-0.2, 0) is 6.54 Å². The predicted octanol–water partition coefficient (Wildman–Crippen LogP) is 4.02. The van der Waals surface area contributed by atoms with E-state index in [1.807, 2.05) is 26.0 Å². The summed E-state index contributed by atoms with van der Waals surface area (Å²) in [6, 6.07) is 8.73. The molecule has 0 bridgehead atoms. The Hall–Kier alpha value is -1.02. The van der Waals surface area contributed by atoms with Crippen molar-refractivity contribution in [1.82, 2.24) is 15.5 Å². The quantitative estimate of drug-likeness (QED) is 0.330. The number of hydrogen-bond donors (Lipinski definition) is 2. The van der Waals surface area contributed by atoms with Crippen LogP contribution in [-0.4, -0.2) is 49.2 Å². The Balaban J connectivity index is 0.00000364. The molecule has 1 aromatic carbocycles. The Morgan fingerprint density at radius 1 is 1.26 bits per heavy atom. The van der Waals surface area contributed by atoms with E-state index in [1.165, 1.54) is 38.9 Å². The zero-order valence-electron chi connectivity index (χ0n) is 17.3. The molecule has 0 spiro atoms. The maximum absolute atomic E-state index is 5.78. The largest absolute Gasteiger partial charge is 0.491 e. The molecule has 0 amide bonds. The molecule has 0 atom stereocenters. The zero-order chi connectivity index (χ0) is 18.8. The summed E-state index contributed by atoms with van der Waals surface area (Å²) in [7, 11) is 0.